The molecular formula is C15H12Cl2N2O. The van der Waals surface area contributed by atoms with Crippen LogP contribution in [0.15, 0.2) is 24.3 Å². The largest absolute Gasteiger partial charge is 0.396 e. The second kappa shape index (κ2) is 6.23. The Bertz CT molecular complexity index is 693. The molecule has 0 aliphatic carbocycles. The predicted molar refractivity (Wildman–Crippen MR) is 79.9 cm³/mol. The van der Waals surface area contributed by atoms with Crippen LogP contribution in [-0.2, 0) is 6.42 Å². The second-order valence-electron chi connectivity index (χ2n) is 4.36. The van der Waals surface area contributed by atoms with Crippen molar-refractivity contribution in [3.05, 3.63) is 51.1 Å². The molecule has 0 saturated heterocycles. The third-order valence-corrected chi connectivity index (χ3v) is 3.46. The minimum atomic E-state index is -0.0219. The van der Waals surface area contributed by atoms with Crippen molar-refractivity contribution in [2.45, 2.75) is 13.3 Å². The molecule has 0 unspecified atom stereocenters. The van der Waals surface area contributed by atoms with Crippen molar-refractivity contribution in [3.63, 3.8) is 0 Å². The Balaban J connectivity index is 2.70. The van der Waals surface area contributed by atoms with Crippen LogP contribution in [0.1, 0.15) is 16.8 Å². The van der Waals surface area contributed by atoms with E-state index < -0.39 is 0 Å². The number of nitrogens with zero attached hydrogens (tertiary/aromatic N) is 2. The summed E-state index contributed by atoms with van der Waals surface area (Å²) in [6.07, 6.45) is 0.407. The third-order valence-electron chi connectivity index (χ3n) is 2.91. The van der Waals surface area contributed by atoms with Crippen LogP contribution in [0.4, 0.5) is 0 Å². The van der Waals surface area contributed by atoms with E-state index >= 15 is 0 Å². The summed E-state index contributed by atoms with van der Waals surface area (Å²) in [4.78, 5) is 4.42. The lowest BCUT2D eigenvalue weighted by Gasteiger charge is -2.11. The summed E-state index contributed by atoms with van der Waals surface area (Å²) in [7, 11) is 0. The molecule has 1 heterocycles. The Morgan fingerprint density at radius 1 is 1.30 bits per heavy atom. The fraction of sp³-hybridized carbons (Fsp3) is 0.200. The van der Waals surface area contributed by atoms with Crippen LogP contribution in [0.25, 0.3) is 11.3 Å². The molecule has 5 heteroatoms. The van der Waals surface area contributed by atoms with Crippen LogP contribution in [0.3, 0.4) is 0 Å². The quantitative estimate of drug-likeness (QED) is 0.939. The van der Waals surface area contributed by atoms with Gasteiger partial charge in [-0.1, -0.05) is 23.2 Å². The highest BCUT2D eigenvalue weighted by Crippen LogP contribution is 2.32. The molecule has 1 N–H and O–H groups in total. The van der Waals surface area contributed by atoms with E-state index in [2.05, 4.69) is 11.1 Å². The summed E-state index contributed by atoms with van der Waals surface area (Å²) < 4.78 is 0. The summed E-state index contributed by atoms with van der Waals surface area (Å²) >= 11 is 12.1. The first-order valence-electron chi connectivity index (χ1n) is 6.03. The fourth-order valence-corrected chi connectivity index (χ4v) is 2.56. The molecule has 0 aliphatic rings. The van der Waals surface area contributed by atoms with E-state index in [1.54, 1.807) is 18.2 Å². The van der Waals surface area contributed by atoms with E-state index in [0.29, 0.717) is 33.3 Å². The van der Waals surface area contributed by atoms with Crippen molar-refractivity contribution in [2.24, 2.45) is 0 Å². The summed E-state index contributed by atoms with van der Waals surface area (Å²) in [5, 5.41) is 19.5. The SMILES string of the molecule is Cc1cc(CCO)c(C#N)c(-c2ccc(Cl)cc2Cl)n1. The second-order valence-corrected chi connectivity index (χ2v) is 5.20. The lowest BCUT2D eigenvalue weighted by Crippen LogP contribution is -2.01. The van der Waals surface area contributed by atoms with Crippen LogP contribution >= 0.6 is 23.2 Å². The number of hydrogen-bond acceptors (Lipinski definition) is 3. The summed E-state index contributed by atoms with van der Waals surface area (Å²) in [6, 6.07) is 9.03. The molecule has 3 nitrogen and oxygen atoms in total. The smallest absolute Gasteiger partial charge is 0.102 e. The van der Waals surface area contributed by atoms with Gasteiger partial charge in [-0.2, -0.15) is 5.26 Å². The van der Waals surface area contributed by atoms with Gasteiger partial charge in [0.15, 0.2) is 0 Å². The van der Waals surface area contributed by atoms with E-state index in [9.17, 15) is 5.26 Å². The lowest BCUT2D eigenvalue weighted by atomic mass is 9.99. The van der Waals surface area contributed by atoms with E-state index in [4.69, 9.17) is 28.3 Å². The predicted octanol–water partition coefficient (Wildman–Crippen LogP) is 3.77. The number of hydrogen-bond donors (Lipinski definition) is 1. The van der Waals surface area contributed by atoms with Gasteiger partial charge < -0.3 is 5.11 Å². The molecule has 0 fully saturated rings. The van der Waals surface area contributed by atoms with Gasteiger partial charge in [0.1, 0.15) is 6.07 Å². The maximum atomic E-state index is 9.38. The van der Waals surface area contributed by atoms with E-state index in [1.165, 1.54) is 0 Å². The molecule has 2 aromatic rings. The normalized spacial score (nSPS) is 10.3. The molecule has 1 aromatic heterocycles. The zero-order valence-electron chi connectivity index (χ0n) is 10.8. The van der Waals surface area contributed by atoms with Gasteiger partial charge in [-0.25, -0.2) is 0 Å². The first-order chi connectivity index (χ1) is 9.56. The number of aliphatic hydroxyl groups excluding tert-OH is 1. The molecule has 102 valence electrons. The van der Waals surface area contributed by atoms with Crippen molar-refractivity contribution in [1.82, 2.24) is 4.98 Å². The van der Waals surface area contributed by atoms with Crippen molar-refractivity contribution in [3.8, 4) is 17.3 Å². The summed E-state index contributed by atoms with van der Waals surface area (Å²) in [5.74, 6) is 0. The number of aliphatic hydroxyl groups is 1. The Morgan fingerprint density at radius 2 is 2.05 bits per heavy atom. The van der Waals surface area contributed by atoms with Gasteiger partial charge in [0.25, 0.3) is 0 Å². The first-order valence-corrected chi connectivity index (χ1v) is 6.79. The average Bonchev–Trinajstić information content (AvgIpc) is 2.38. The first kappa shape index (κ1) is 14.8. The van der Waals surface area contributed by atoms with Gasteiger partial charge in [-0.05, 0) is 43.2 Å². The van der Waals surface area contributed by atoms with Crippen LogP contribution in [0.5, 0.6) is 0 Å². The number of aromatic nitrogens is 1. The molecule has 0 spiro atoms. The topological polar surface area (TPSA) is 56.9 Å². The minimum Gasteiger partial charge on any atom is -0.396 e. The molecular weight excluding hydrogens is 295 g/mol. The van der Waals surface area contributed by atoms with E-state index in [1.807, 2.05) is 13.0 Å². The monoisotopic (exact) mass is 306 g/mol. The van der Waals surface area contributed by atoms with Crippen LogP contribution in [0.2, 0.25) is 10.0 Å². The number of benzene rings is 1. The number of aryl methyl sites for hydroxylation is 1. The van der Waals surface area contributed by atoms with Crippen LogP contribution in [0, 0.1) is 18.3 Å². The van der Waals surface area contributed by atoms with Gasteiger partial charge in [-0.3, -0.25) is 4.98 Å². The highest BCUT2D eigenvalue weighted by molar-refractivity contribution is 6.36. The average molecular weight is 307 g/mol. The van der Waals surface area contributed by atoms with Gasteiger partial charge in [-0.15, -0.1) is 0 Å². The fourth-order valence-electron chi connectivity index (χ4n) is 2.06. The Labute approximate surface area is 127 Å². The van der Waals surface area contributed by atoms with Gasteiger partial charge >= 0.3 is 0 Å². The molecule has 0 amide bonds. The Morgan fingerprint density at radius 3 is 2.65 bits per heavy atom. The third kappa shape index (κ3) is 2.94. The number of pyridine rings is 1. The Hall–Kier alpha value is -1.60. The van der Waals surface area contributed by atoms with E-state index in [-0.39, 0.29) is 6.61 Å². The molecule has 0 radical (unpaired) electrons. The molecule has 0 aliphatic heterocycles. The highest BCUT2D eigenvalue weighted by atomic mass is 35.5. The van der Waals surface area contributed by atoms with E-state index in [0.717, 1.165) is 11.3 Å². The number of nitriles is 1. The molecule has 0 bridgehead atoms. The number of rotatable bonds is 3. The van der Waals surface area contributed by atoms with Gasteiger partial charge in [0.2, 0.25) is 0 Å². The van der Waals surface area contributed by atoms with Crippen LogP contribution < -0.4 is 0 Å². The zero-order valence-corrected chi connectivity index (χ0v) is 12.3. The summed E-state index contributed by atoms with van der Waals surface area (Å²) in [6.45, 7) is 1.82. The van der Waals surface area contributed by atoms with Crippen molar-refractivity contribution >= 4 is 23.2 Å². The number of halogens is 2. The van der Waals surface area contributed by atoms with Crippen LogP contribution in [-0.4, -0.2) is 16.7 Å². The molecule has 0 atom stereocenters. The van der Waals surface area contributed by atoms with Gasteiger partial charge in [0, 0.05) is 22.9 Å². The molecule has 0 saturated carbocycles. The highest BCUT2D eigenvalue weighted by Gasteiger charge is 2.15. The maximum absolute atomic E-state index is 9.38. The van der Waals surface area contributed by atoms with Crippen molar-refractivity contribution in [2.75, 3.05) is 6.61 Å². The van der Waals surface area contributed by atoms with Gasteiger partial charge in [0.05, 0.1) is 16.3 Å². The standard InChI is InChI=1S/C15H12Cl2N2O/c1-9-6-10(4-5-20)13(8-18)15(19-9)12-3-2-11(16)7-14(12)17/h2-3,6-7,20H,4-5H2,1H3. The summed E-state index contributed by atoms with van der Waals surface area (Å²) in [5.41, 5.74) is 3.17. The Kier molecular flexibility index (Phi) is 4.61. The molecule has 2 rings (SSSR count). The zero-order chi connectivity index (χ0) is 14.7. The van der Waals surface area contributed by atoms with Crippen molar-refractivity contribution < 1.29 is 5.11 Å². The molecule has 20 heavy (non-hydrogen) atoms. The van der Waals surface area contributed by atoms with Crippen molar-refractivity contribution in [1.29, 1.82) is 5.26 Å². The molecule has 1 aromatic carbocycles. The minimum absolute atomic E-state index is 0.0219. The lowest BCUT2D eigenvalue weighted by molar-refractivity contribution is 0.299. The maximum Gasteiger partial charge on any atom is 0.102 e.